The summed E-state index contributed by atoms with van der Waals surface area (Å²) in [6, 6.07) is 0. The Morgan fingerprint density at radius 2 is 1.69 bits per heavy atom. The Balaban J connectivity index is 1.42. The summed E-state index contributed by atoms with van der Waals surface area (Å²) in [6.45, 7) is 4.97. The Morgan fingerprint density at radius 1 is 0.938 bits per heavy atom. The van der Waals surface area contributed by atoms with Crippen molar-refractivity contribution in [2.75, 3.05) is 26.2 Å². The number of hydrogen-bond acceptors (Lipinski definition) is 2. The van der Waals surface area contributed by atoms with Gasteiger partial charge in [-0.15, -0.1) is 0 Å². The number of piperidine rings is 1. The van der Waals surface area contributed by atoms with E-state index in [4.69, 9.17) is 0 Å². The van der Waals surface area contributed by atoms with Gasteiger partial charge in [0.05, 0.1) is 0 Å². The van der Waals surface area contributed by atoms with Gasteiger partial charge in [-0.1, -0.05) is 25.7 Å². The van der Waals surface area contributed by atoms with Crippen molar-refractivity contribution >= 4 is 0 Å². The first-order chi connectivity index (χ1) is 7.95. The molecule has 0 unspecified atom stereocenters. The van der Waals surface area contributed by atoms with Crippen LogP contribution in [0.15, 0.2) is 0 Å². The second kappa shape index (κ2) is 7.29. The van der Waals surface area contributed by atoms with Crippen LogP contribution in [0.2, 0.25) is 0 Å². The summed E-state index contributed by atoms with van der Waals surface area (Å²) in [7, 11) is 0. The standard InChI is InChI=1S/C14H28N2/c1-2-5-13(4-1)6-3-9-16-12-14-7-10-15-11-8-14/h13-16H,1-12H2. The van der Waals surface area contributed by atoms with E-state index in [1.165, 1.54) is 77.5 Å². The smallest absolute Gasteiger partial charge is 0.00196 e. The summed E-state index contributed by atoms with van der Waals surface area (Å²) in [5.74, 6) is 2.01. The molecule has 0 spiro atoms. The zero-order valence-corrected chi connectivity index (χ0v) is 10.6. The first-order valence-electron chi connectivity index (χ1n) is 7.36. The molecule has 94 valence electrons. The largest absolute Gasteiger partial charge is 0.317 e. The second-order valence-corrected chi connectivity index (χ2v) is 5.69. The van der Waals surface area contributed by atoms with Crippen LogP contribution in [0, 0.1) is 11.8 Å². The lowest BCUT2D eigenvalue weighted by atomic mass is 9.98. The minimum absolute atomic E-state index is 0.938. The maximum absolute atomic E-state index is 3.65. The van der Waals surface area contributed by atoms with Crippen molar-refractivity contribution in [2.45, 2.75) is 51.4 Å². The molecule has 0 amide bonds. The van der Waals surface area contributed by atoms with E-state index >= 15 is 0 Å². The molecular weight excluding hydrogens is 196 g/mol. The molecule has 2 N–H and O–H groups in total. The number of hydrogen-bond donors (Lipinski definition) is 2. The third-order valence-electron chi connectivity index (χ3n) is 4.33. The van der Waals surface area contributed by atoms with E-state index < -0.39 is 0 Å². The first kappa shape index (κ1) is 12.4. The monoisotopic (exact) mass is 224 g/mol. The molecular formula is C14H28N2. The summed E-state index contributed by atoms with van der Waals surface area (Å²) >= 11 is 0. The van der Waals surface area contributed by atoms with E-state index in [1.54, 1.807) is 0 Å². The molecule has 0 aromatic carbocycles. The van der Waals surface area contributed by atoms with Gasteiger partial charge in [0.1, 0.15) is 0 Å². The SMILES string of the molecule is C1CCC(CCCNCC2CCNCC2)C1. The highest BCUT2D eigenvalue weighted by molar-refractivity contribution is 4.71. The first-order valence-corrected chi connectivity index (χ1v) is 7.36. The second-order valence-electron chi connectivity index (χ2n) is 5.69. The average Bonchev–Trinajstić information content (AvgIpc) is 2.83. The predicted molar refractivity (Wildman–Crippen MR) is 69.7 cm³/mol. The summed E-state index contributed by atoms with van der Waals surface area (Å²) < 4.78 is 0. The number of nitrogens with one attached hydrogen (secondary N) is 2. The highest BCUT2D eigenvalue weighted by atomic mass is 14.9. The van der Waals surface area contributed by atoms with Crippen molar-refractivity contribution in [2.24, 2.45) is 11.8 Å². The third kappa shape index (κ3) is 4.42. The van der Waals surface area contributed by atoms with Crippen LogP contribution in [0.5, 0.6) is 0 Å². The molecule has 16 heavy (non-hydrogen) atoms. The summed E-state index contributed by atoms with van der Waals surface area (Å²) in [5, 5.41) is 7.08. The molecule has 0 bridgehead atoms. The zero-order chi connectivity index (χ0) is 11.1. The lowest BCUT2D eigenvalue weighted by Gasteiger charge is -2.22. The van der Waals surface area contributed by atoms with Crippen molar-refractivity contribution in [1.29, 1.82) is 0 Å². The van der Waals surface area contributed by atoms with Crippen LogP contribution in [0.3, 0.4) is 0 Å². The normalized spacial score (nSPS) is 24.0. The number of rotatable bonds is 6. The molecule has 0 aromatic heterocycles. The van der Waals surface area contributed by atoms with Crippen LogP contribution in [0.4, 0.5) is 0 Å². The predicted octanol–water partition coefficient (Wildman–Crippen LogP) is 2.55. The molecule has 0 aromatic rings. The van der Waals surface area contributed by atoms with Gasteiger partial charge in [-0.2, -0.15) is 0 Å². The molecule has 1 saturated heterocycles. The third-order valence-corrected chi connectivity index (χ3v) is 4.33. The molecule has 1 saturated carbocycles. The van der Waals surface area contributed by atoms with Gasteiger partial charge in [-0.25, -0.2) is 0 Å². The van der Waals surface area contributed by atoms with E-state index in [2.05, 4.69) is 10.6 Å². The molecule has 2 nitrogen and oxygen atoms in total. The van der Waals surface area contributed by atoms with Gasteiger partial charge >= 0.3 is 0 Å². The molecule has 1 aliphatic heterocycles. The lowest BCUT2D eigenvalue weighted by Crippen LogP contribution is -2.33. The lowest BCUT2D eigenvalue weighted by molar-refractivity contribution is 0.353. The minimum Gasteiger partial charge on any atom is -0.317 e. The van der Waals surface area contributed by atoms with Crippen LogP contribution < -0.4 is 10.6 Å². The Hall–Kier alpha value is -0.0800. The van der Waals surface area contributed by atoms with Crippen LogP contribution in [0.1, 0.15) is 51.4 Å². The fraction of sp³-hybridized carbons (Fsp3) is 1.00. The average molecular weight is 224 g/mol. The van der Waals surface area contributed by atoms with Gasteiger partial charge in [-0.05, 0) is 63.7 Å². The van der Waals surface area contributed by atoms with E-state index in [1.807, 2.05) is 0 Å². The molecule has 2 rings (SSSR count). The van der Waals surface area contributed by atoms with Gasteiger partial charge in [0.15, 0.2) is 0 Å². The quantitative estimate of drug-likeness (QED) is 0.678. The van der Waals surface area contributed by atoms with Crippen LogP contribution >= 0.6 is 0 Å². The van der Waals surface area contributed by atoms with Crippen LogP contribution in [-0.2, 0) is 0 Å². The molecule has 2 fully saturated rings. The van der Waals surface area contributed by atoms with Gasteiger partial charge in [0.2, 0.25) is 0 Å². The summed E-state index contributed by atoms with van der Waals surface area (Å²) in [6.07, 6.45) is 11.6. The van der Waals surface area contributed by atoms with Gasteiger partial charge in [0, 0.05) is 0 Å². The highest BCUT2D eigenvalue weighted by Gasteiger charge is 2.14. The summed E-state index contributed by atoms with van der Waals surface area (Å²) in [4.78, 5) is 0. The van der Waals surface area contributed by atoms with Gasteiger partial charge < -0.3 is 10.6 Å². The van der Waals surface area contributed by atoms with E-state index in [0.29, 0.717) is 0 Å². The van der Waals surface area contributed by atoms with E-state index in [9.17, 15) is 0 Å². The van der Waals surface area contributed by atoms with E-state index in [-0.39, 0.29) is 0 Å². The van der Waals surface area contributed by atoms with Crippen molar-refractivity contribution in [3.05, 3.63) is 0 Å². The molecule has 0 atom stereocenters. The van der Waals surface area contributed by atoms with Crippen molar-refractivity contribution in [3.63, 3.8) is 0 Å². The van der Waals surface area contributed by atoms with Gasteiger partial charge in [0.25, 0.3) is 0 Å². The Morgan fingerprint density at radius 3 is 2.44 bits per heavy atom. The minimum atomic E-state index is 0.938. The fourth-order valence-electron chi connectivity index (χ4n) is 3.21. The maximum Gasteiger partial charge on any atom is -0.00196 e. The molecule has 1 aliphatic carbocycles. The Bertz CT molecular complexity index is 170. The molecule has 0 radical (unpaired) electrons. The fourth-order valence-corrected chi connectivity index (χ4v) is 3.21. The van der Waals surface area contributed by atoms with Crippen LogP contribution in [-0.4, -0.2) is 26.2 Å². The molecule has 1 heterocycles. The van der Waals surface area contributed by atoms with Crippen molar-refractivity contribution < 1.29 is 0 Å². The van der Waals surface area contributed by atoms with Crippen molar-refractivity contribution in [1.82, 2.24) is 10.6 Å². The Kier molecular flexibility index (Phi) is 5.64. The summed E-state index contributed by atoms with van der Waals surface area (Å²) in [5.41, 5.74) is 0. The van der Waals surface area contributed by atoms with Crippen molar-refractivity contribution in [3.8, 4) is 0 Å². The Labute approximate surface area is 101 Å². The van der Waals surface area contributed by atoms with E-state index in [0.717, 1.165) is 11.8 Å². The van der Waals surface area contributed by atoms with Crippen LogP contribution in [0.25, 0.3) is 0 Å². The molecule has 2 aliphatic rings. The zero-order valence-electron chi connectivity index (χ0n) is 10.6. The topological polar surface area (TPSA) is 24.1 Å². The van der Waals surface area contributed by atoms with Gasteiger partial charge in [-0.3, -0.25) is 0 Å². The maximum atomic E-state index is 3.65. The highest BCUT2D eigenvalue weighted by Crippen LogP contribution is 2.28. The molecule has 2 heteroatoms.